The number of benzene rings is 3. The maximum Gasteiger partial charge on any atom is 0.262 e. The molecule has 0 bridgehead atoms. The van der Waals surface area contributed by atoms with Crippen LogP contribution in [0, 0.1) is 23.3 Å². The summed E-state index contributed by atoms with van der Waals surface area (Å²) in [5.74, 6) is -7.58. The maximum absolute atomic E-state index is 14.7. The Hall–Kier alpha value is -3.27. The highest BCUT2D eigenvalue weighted by molar-refractivity contribution is 7.92. The smallest absolute Gasteiger partial charge is 0.262 e. The van der Waals surface area contributed by atoms with Gasteiger partial charge in [-0.25, -0.2) is 26.0 Å². The topological polar surface area (TPSA) is 64.6 Å². The molecule has 0 amide bonds. The number of halogens is 4. The molecule has 0 fully saturated rings. The minimum absolute atomic E-state index is 0.0800. The van der Waals surface area contributed by atoms with Gasteiger partial charge in [0.2, 0.25) is 0 Å². The summed E-state index contributed by atoms with van der Waals surface area (Å²) in [4.78, 5) is -0.284. The van der Waals surface area contributed by atoms with E-state index >= 15 is 0 Å². The Kier molecular flexibility index (Phi) is 5.88. The van der Waals surface area contributed by atoms with Gasteiger partial charge in [0.15, 0.2) is 34.8 Å². The van der Waals surface area contributed by atoms with Gasteiger partial charge in [0.1, 0.15) is 0 Å². The summed E-state index contributed by atoms with van der Waals surface area (Å²) in [7, 11) is -1.82. The van der Waals surface area contributed by atoms with Gasteiger partial charge in [0, 0.05) is 5.56 Å². The molecule has 0 aliphatic carbocycles. The number of hydrogen-bond acceptors (Lipinski definition) is 4. The quantitative estimate of drug-likeness (QED) is 0.341. The van der Waals surface area contributed by atoms with Crippen molar-refractivity contribution in [1.29, 1.82) is 0 Å². The zero-order valence-electron chi connectivity index (χ0n) is 15.7. The Morgan fingerprint density at radius 1 is 0.767 bits per heavy atom. The molecule has 0 saturated heterocycles. The average Bonchev–Trinajstić information content (AvgIpc) is 2.76. The molecule has 0 saturated carbocycles. The molecule has 10 heteroatoms. The molecule has 3 aromatic rings. The van der Waals surface area contributed by atoms with E-state index in [1.807, 2.05) is 4.72 Å². The molecule has 0 atom stereocenters. The van der Waals surface area contributed by atoms with Crippen molar-refractivity contribution >= 4 is 15.7 Å². The monoisotopic (exact) mass is 441 g/mol. The molecule has 3 aromatic carbocycles. The lowest BCUT2D eigenvalue weighted by Crippen LogP contribution is -2.17. The number of anilines is 1. The number of hydrogen-bond donors (Lipinski definition) is 1. The van der Waals surface area contributed by atoms with Crippen molar-refractivity contribution in [3.63, 3.8) is 0 Å². The van der Waals surface area contributed by atoms with Gasteiger partial charge >= 0.3 is 0 Å². The van der Waals surface area contributed by atoms with Gasteiger partial charge in [0.05, 0.1) is 24.8 Å². The van der Waals surface area contributed by atoms with E-state index < -0.39 is 44.5 Å². The van der Waals surface area contributed by atoms with Crippen molar-refractivity contribution in [2.75, 3.05) is 18.9 Å². The minimum Gasteiger partial charge on any atom is -0.493 e. The molecular formula is C20H15F4NO4S. The van der Waals surface area contributed by atoms with Crippen molar-refractivity contribution in [3.05, 3.63) is 71.8 Å². The van der Waals surface area contributed by atoms with Crippen molar-refractivity contribution in [2.24, 2.45) is 0 Å². The Balaban J connectivity index is 2.26. The first-order valence-corrected chi connectivity index (χ1v) is 9.85. The van der Waals surface area contributed by atoms with Crippen LogP contribution in [-0.4, -0.2) is 22.6 Å². The first-order valence-electron chi connectivity index (χ1n) is 8.37. The van der Waals surface area contributed by atoms with Gasteiger partial charge in [-0.1, -0.05) is 24.3 Å². The zero-order valence-corrected chi connectivity index (χ0v) is 16.5. The van der Waals surface area contributed by atoms with Crippen LogP contribution in [-0.2, 0) is 10.0 Å². The molecule has 5 nitrogen and oxygen atoms in total. The van der Waals surface area contributed by atoms with Crippen molar-refractivity contribution in [2.45, 2.75) is 4.90 Å². The van der Waals surface area contributed by atoms with Gasteiger partial charge in [0.25, 0.3) is 10.0 Å². The lowest BCUT2D eigenvalue weighted by molar-refractivity contribution is 0.355. The SMILES string of the molecule is COc1ccc(-c2c(F)c(F)c(F)c(F)c2NS(=O)(=O)c2ccccc2)cc1OC. The molecule has 3 rings (SSSR count). The molecule has 1 N–H and O–H groups in total. The summed E-state index contributed by atoms with van der Waals surface area (Å²) in [6.45, 7) is 0. The fraction of sp³-hybridized carbons (Fsp3) is 0.100. The maximum atomic E-state index is 14.7. The van der Waals surface area contributed by atoms with Gasteiger partial charge in [-0.2, -0.15) is 0 Å². The Morgan fingerprint density at radius 2 is 1.37 bits per heavy atom. The van der Waals surface area contributed by atoms with E-state index in [0.29, 0.717) is 0 Å². The molecule has 0 radical (unpaired) electrons. The minimum atomic E-state index is -4.44. The molecule has 0 aliphatic rings. The second kappa shape index (κ2) is 8.23. The first kappa shape index (κ1) is 21.4. The van der Waals surface area contributed by atoms with Crippen molar-refractivity contribution in [3.8, 4) is 22.6 Å². The van der Waals surface area contributed by atoms with Crippen molar-refractivity contribution < 1.29 is 35.5 Å². The second-order valence-electron chi connectivity index (χ2n) is 5.99. The van der Waals surface area contributed by atoms with Gasteiger partial charge < -0.3 is 9.47 Å². The summed E-state index contributed by atoms with van der Waals surface area (Å²) in [6.07, 6.45) is 0. The van der Waals surface area contributed by atoms with Crippen LogP contribution in [0.15, 0.2) is 53.4 Å². The van der Waals surface area contributed by atoms with E-state index in [2.05, 4.69) is 0 Å². The Labute approximate surface area is 169 Å². The lowest BCUT2D eigenvalue weighted by Gasteiger charge is -2.17. The third kappa shape index (κ3) is 3.78. The molecule has 158 valence electrons. The molecule has 0 spiro atoms. The predicted molar refractivity (Wildman–Crippen MR) is 102 cm³/mol. The molecule has 0 unspecified atom stereocenters. The van der Waals surface area contributed by atoms with E-state index in [9.17, 15) is 26.0 Å². The van der Waals surface area contributed by atoms with Crippen LogP contribution in [0.3, 0.4) is 0 Å². The molecule has 0 aliphatic heterocycles. The van der Waals surface area contributed by atoms with Crippen LogP contribution in [0.25, 0.3) is 11.1 Å². The van der Waals surface area contributed by atoms with E-state index in [1.54, 1.807) is 6.07 Å². The fourth-order valence-electron chi connectivity index (χ4n) is 2.78. The van der Waals surface area contributed by atoms with Gasteiger partial charge in [-0.15, -0.1) is 0 Å². The normalized spacial score (nSPS) is 11.3. The largest absolute Gasteiger partial charge is 0.493 e. The third-order valence-electron chi connectivity index (χ3n) is 4.23. The molecule has 0 aromatic heterocycles. The zero-order chi connectivity index (χ0) is 22.1. The van der Waals surface area contributed by atoms with Crippen LogP contribution in [0.4, 0.5) is 23.2 Å². The van der Waals surface area contributed by atoms with Crippen LogP contribution < -0.4 is 14.2 Å². The van der Waals surface area contributed by atoms with E-state index in [4.69, 9.17) is 9.47 Å². The first-order chi connectivity index (χ1) is 14.2. The van der Waals surface area contributed by atoms with E-state index in [-0.39, 0.29) is 22.0 Å². The number of ether oxygens (including phenoxy) is 2. The standard InChI is InChI=1S/C20H15F4NO4S/c1-28-13-9-8-11(10-14(13)29-2)15-16(21)17(22)18(23)19(24)20(15)25-30(26,27)12-6-4-3-5-7-12/h3-10,25H,1-2H3. The molecular weight excluding hydrogens is 426 g/mol. The van der Waals surface area contributed by atoms with E-state index in [1.165, 1.54) is 56.7 Å². The Bertz CT molecular complexity index is 1200. The predicted octanol–water partition coefficient (Wildman–Crippen LogP) is 4.73. The van der Waals surface area contributed by atoms with Crippen LogP contribution in [0.1, 0.15) is 0 Å². The average molecular weight is 441 g/mol. The summed E-state index contributed by atoms with van der Waals surface area (Å²) >= 11 is 0. The third-order valence-corrected chi connectivity index (χ3v) is 5.59. The number of sulfonamides is 1. The highest BCUT2D eigenvalue weighted by Gasteiger charge is 2.29. The fourth-order valence-corrected chi connectivity index (χ4v) is 3.88. The van der Waals surface area contributed by atoms with Gasteiger partial charge in [-0.3, -0.25) is 4.72 Å². The second-order valence-corrected chi connectivity index (χ2v) is 7.68. The summed E-state index contributed by atoms with van der Waals surface area (Å²) in [6, 6.07) is 10.5. The Morgan fingerprint density at radius 3 is 1.97 bits per heavy atom. The number of methoxy groups -OCH3 is 2. The molecule has 30 heavy (non-hydrogen) atoms. The highest BCUT2D eigenvalue weighted by Crippen LogP contribution is 2.40. The summed E-state index contributed by atoms with van der Waals surface area (Å²) < 4.78 is 94.4. The van der Waals surface area contributed by atoms with Crippen LogP contribution >= 0.6 is 0 Å². The van der Waals surface area contributed by atoms with Gasteiger partial charge in [-0.05, 0) is 29.8 Å². The molecule has 0 heterocycles. The summed E-state index contributed by atoms with van der Waals surface area (Å²) in [5.41, 5.74) is -2.08. The van der Waals surface area contributed by atoms with Crippen LogP contribution in [0.5, 0.6) is 11.5 Å². The number of nitrogens with one attached hydrogen (secondary N) is 1. The highest BCUT2D eigenvalue weighted by atomic mass is 32.2. The number of rotatable bonds is 6. The summed E-state index contributed by atoms with van der Waals surface area (Å²) in [5, 5.41) is 0. The van der Waals surface area contributed by atoms with E-state index in [0.717, 1.165) is 0 Å². The lowest BCUT2D eigenvalue weighted by atomic mass is 10.0. The van der Waals surface area contributed by atoms with Crippen molar-refractivity contribution in [1.82, 2.24) is 0 Å². The van der Waals surface area contributed by atoms with Crippen LogP contribution in [0.2, 0.25) is 0 Å².